The molecule has 1 heterocycles. The number of nitrogens with zero attached hydrogens (tertiary/aromatic N) is 1. The van der Waals surface area contributed by atoms with Gasteiger partial charge in [0.05, 0.1) is 10.2 Å². The zero-order valence-electron chi connectivity index (χ0n) is 10.7. The van der Waals surface area contributed by atoms with Crippen molar-refractivity contribution in [1.82, 2.24) is 10.3 Å². The molecule has 0 saturated carbocycles. The van der Waals surface area contributed by atoms with Crippen LogP contribution < -0.4 is 5.32 Å². The van der Waals surface area contributed by atoms with Crippen molar-refractivity contribution >= 4 is 21.6 Å². The Morgan fingerprint density at radius 3 is 2.65 bits per heavy atom. The molecular formula is C15H14N2O2S. The van der Waals surface area contributed by atoms with Crippen LogP contribution in [0.15, 0.2) is 42.5 Å². The fraction of sp³-hybridized carbons (Fsp3) is 0.133. The second kappa shape index (κ2) is 5.48. The van der Waals surface area contributed by atoms with Crippen LogP contribution in [0.5, 0.6) is 11.5 Å². The fourth-order valence-corrected chi connectivity index (χ4v) is 2.93. The normalized spacial score (nSPS) is 11.0. The third-order valence-corrected chi connectivity index (χ3v) is 4.02. The van der Waals surface area contributed by atoms with Gasteiger partial charge in [-0.05, 0) is 29.8 Å². The second-order valence-corrected chi connectivity index (χ2v) is 5.62. The number of rotatable bonds is 4. The van der Waals surface area contributed by atoms with E-state index in [4.69, 9.17) is 0 Å². The minimum absolute atomic E-state index is 0.0933. The highest BCUT2D eigenvalue weighted by Crippen LogP contribution is 2.25. The van der Waals surface area contributed by atoms with Crippen LogP contribution >= 0.6 is 11.3 Å². The Morgan fingerprint density at radius 2 is 1.85 bits per heavy atom. The highest BCUT2D eigenvalue weighted by molar-refractivity contribution is 7.18. The zero-order chi connectivity index (χ0) is 13.9. The predicted molar refractivity (Wildman–Crippen MR) is 79.9 cm³/mol. The maximum atomic E-state index is 9.42. The summed E-state index contributed by atoms with van der Waals surface area (Å²) in [5.41, 5.74) is 1.94. The van der Waals surface area contributed by atoms with E-state index in [1.165, 1.54) is 10.8 Å². The van der Waals surface area contributed by atoms with E-state index in [9.17, 15) is 10.2 Å². The third-order valence-electron chi connectivity index (χ3n) is 2.98. The average molecular weight is 286 g/mol. The van der Waals surface area contributed by atoms with Crippen LogP contribution in [0.1, 0.15) is 10.6 Å². The summed E-state index contributed by atoms with van der Waals surface area (Å²) in [5.74, 6) is -0.191. The van der Waals surface area contributed by atoms with Crippen LogP contribution in [-0.4, -0.2) is 15.2 Å². The highest BCUT2D eigenvalue weighted by Gasteiger charge is 2.04. The number of aromatic nitrogens is 1. The number of para-hydroxylation sites is 1. The van der Waals surface area contributed by atoms with Gasteiger partial charge >= 0.3 is 0 Å². The van der Waals surface area contributed by atoms with Gasteiger partial charge < -0.3 is 15.5 Å². The summed E-state index contributed by atoms with van der Waals surface area (Å²) in [6.07, 6.45) is 0. The number of hydrogen-bond acceptors (Lipinski definition) is 5. The van der Waals surface area contributed by atoms with Crippen molar-refractivity contribution in [2.24, 2.45) is 0 Å². The average Bonchev–Trinajstić information content (AvgIpc) is 2.85. The van der Waals surface area contributed by atoms with Crippen LogP contribution in [0.3, 0.4) is 0 Å². The molecule has 3 N–H and O–H groups in total. The minimum atomic E-state index is -0.0973. The molecule has 0 aliphatic rings. The number of hydrogen-bond donors (Lipinski definition) is 3. The molecule has 3 aromatic rings. The quantitative estimate of drug-likeness (QED) is 0.645. The van der Waals surface area contributed by atoms with Crippen molar-refractivity contribution in [2.45, 2.75) is 13.1 Å². The summed E-state index contributed by atoms with van der Waals surface area (Å²) in [6, 6.07) is 12.9. The summed E-state index contributed by atoms with van der Waals surface area (Å²) < 4.78 is 1.19. The molecule has 0 aliphatic carbocycles. The molecule has 0 bridgehead atoms. The van der Waals surface area contributed by atoms with Gasteiger partial charge in [-0.25, -0.2) is 4.98 Å². The maximum Gasteiger partial charge on any atom is 0.157 e. The Kier molecular flexibility index (Phi) is 3.54. The van der Waals surface area contributed by atoms with Gasteiger partial charge in [-0.15, -0.1) is 11.3 Å². The smallest absolute Gasteiger partial charge is 0.157 e. The molecule has 0 unspecified atom stereocenters. The molecule has 0 fully saturated rings. The van der Waals surface area contributed by atoms with E-state index in [1.54, 1.807) is 23.5 Å². The van der Waals surface area contributed by atoms with E-state index >= 15 is 0 Å². The second-order valence-electron chi connectivity index (χ2n) is 4.50. The van der Waals surface area contributed by atoms with Gasteiger partial charge in [0.1, 0.15) is 5.01 Å². The Balaban J connectivity index is 1.63. The number of fused-ring (bicyclic) bond motifs is 1. The van der Waals surface area contributed by atoms with Crippen LogP contribution in [0.4, 0.5) is 0 Å². The lowest BCUT2D eigenvalue weighted by atomic mass is 10.2. The Labute approximate surface area is 120 Å². The fourth-order valence-electron chi connectivity index (χ4n) is 1.99. The van der Waals surface area contributed by atoms with Gasteiger partial charge in [-0.1, -0.05) is 18.2 Å². The molecule has 0 saturated heterocycles. The SMILES string of the molecule is Oc1ccc(CNCc2nc3ccccc3s2)cc1O. The molecule has 4 nitrogen and oxygen atoms in total. The molecule has 0 amide bonds. The first-order valence-corrected chi connectivity index (χ1v) is 7.10. The van der Waals surface area contributed by atoms with Crippen molar-refractivity contribution in [1.29, 1.82) is 0 Å². The van der Waals surface area contributed by atoms with Crippen molar-refractivity contribution in [2.75, 3.05) is 0 Å². The molecule has 0 atom stereocenters. The molecule has 2 aromatic carbocycles. The molecule has 0 spiro atoms. The lowest BCUT2D eigenvalue weighted by Gasteiger charge is -2.04. The van der Waals surface area contributed by atoms with Crippen molar-refractivity contribution < 1.29 is 10.2 Å². The standard InChI is InChI=1S/C15H14N2O2S/c18-12-6-5-10(7-13(12)19)8-16-9-15-17-11-3-1-2-4-14(11)20-15/h1-7,16,18-19H,8-9H2. The molecule has 5 heteroatoms. The number of phenolic OH excluding ortho intramolecular Hbond substituents is 2. The maximum absolute atomic E-state index is 9.42. The van der Waals surface area contributed by atoms with E-state index in [0.29, 0.717) is 13.1 Å². The van der Waals surface area contributed by atoms with E-state index in [-0.39, 0.29) is 11.5 Å². The van der Waals surface area contributed by atoms with E-state index in [2.05, 4.69) is 16.4 Å². The first-order chi connectivity index (χ1) is 9.72. The topological polar surface area (TPSA) is 65.4 Å². The van der Waals surface area contributed by atoms with Gasteiger partial charge in [0.2, 0.25) is 0 Å². The zero-order valence-corrected chi connectivity index (χ0v) is 11.5. The van der Waals surface area contributed by atoms with Gasteiger partial charge in [0.15, 0.2) is 11.5 Å². The summed E-state index contributed by atoms with van der Waals surface area (Å²) in [5, 5.41) is 23.0. The number of nitrogens with one attached hydrogen (secondary N) is 1. The monoisotopic (exact) mass is 286 g/mol. The van der Waals surface area contributed by atoms with E-state index < -0.39 is 0 Å². The van der Waals surface area contributed by atoms with Gasteiger partial charge in [0, 0.05) is 13.1 Å². The lowest BCUT2D eigenvalue weighted by molar-refractivity contribution is 0.403. The molecule has 20 heavy (non-hydrogen) atoms. The Morgan fingerprint density at radius 1 is 1.00 bits per heavy atom. The van der Waals surface area contributed by atoms with Crippen LogP contribution in [0, 0.1) is 0 Å². The van der Waals surface area contributed by atoms with Crippen LogP contribution in [-0.2, 0) is 13.1 Å². The summed E-state index contributed by atoms with van der Waals surface area (Å²) in [4.78, 5) is 4.54. The van der Waals surface area contributed by atoms with Crippen molar-refractivity contribution in [3.8, 4) is 11.5 Å². The van der Waals surface area contributed by atoms with Crippen molar-refractivity contribution in [3.05, 3.63) is 53.0 Å². The third kappa shape index (κ3) is 2.74. The summed E-state index contributed by atoms with van der Waals surface area (Å²) in [6.45, 7) is 1.30. The number of thiazole rings is 1. The molecule has 1 aromatic heterocycles. The molecule has 3 rings (SSSR count). The van der Waals surface area contributed by atoms with Gasteiger partial charge in [-0.2, -0.15) is 0 Å². The number of aromatic hydroxyl groups is 2. The van der Waals surface area contributed by atoms with Crippen molar-refractivity contribution in [3.63, 3.8) is 0 Å². The van der Waals surface area contributed by atoms with Crippen LogP contribution in [0.25, 0.3) is 10.2 Å². The molecule has 0 radical (unpaired) electrons. The molecule has 102 valence electrons. The summed E-state index contributed by atoms with van der Waals surface area (Å²) in [7, 11) is 0. The first-order valence-electron chi connectivity index (χ1n) is 6.28. The number of phenols is 2. The Bertz CT molecular complexity index is 707. The van der Waals surface area contributed by atoms with Gasteiger partial charge in [-0.3, -0.25) is 0 Å². The Hall–Kier alpha value is -2.11. The van der Waals surface area contributed by atoms with E-state index in [1.807, 2.05) is 18.2 Å². The first kappa shape index (κ1) is 12.9. The summed E-state index contributed by atoms with van der Waals surface area (Å²) >= 11 is 1.68. The van der Waals surface area contributed by atoms with Gasteiger partial charge in [0.25, 0.3) is 0 Å². The van der Waals surface area contributed by atoms with Crippen LogP contribution in [0.2, 0.25) is 0 Å². The predicted octanol–water partition coefficient (Wildman–Crippen LogP) is 3.00. The molecular weight excluding hydrogens is 272 g/mol. The number of benzene rings is 2. The lowest BCUT2D eigenvalue weighted by Crippen LogP contribution is -2.12. The van der Waals surface area contributed by atoms with E-state index in [0.717, 1.165) is 16.1 Å². The highest BCUT2D eigenvalue weighted by atomic mass is 32.1. The molecule has 0 aliphatic heterocycles. The minimum Gasteiger partial charge on any atom is -0.504 e. The largest absolute Gasteiger partial charge is 0.504 e.